The molecule has 9 heteroatoms. The first-order valence-electron chi connectivity index (χ1n) is 12.6. The van der Waals surface area contributed by atoms with E-state index in [1.165, 1.54) is 7.11 Å². The van der Waals surface area contributed by atoms with E-state index in [4.69, 9.17) is 32.7 Å². The maximum absolute atomic E-state index is 12.9. The Morgan fingerprint density at radius 2 is 1.85 bits per heavy atom. The number of nitrogens with zero attached hydrogens (tertiary/aromatic N) is 3. The first-order valence-corrected chi connectivity index (χ1v) is 13.4. The average molecular weight is 566 g/mol. The number of aryl methyl sites for hydroxylation is 3. The number of ether oxygens (including phenoxy) is 2. The highest BCUT2D eigenvalue weighted by Crippen LogP contribution is 2.44. The number of carbonyl (C=O) groups excluding carboxylic acids is 1. The third kappa shape index (κ3) is 4.75. The molecule has 0 aliphatic rings. The summed E-state index contributed by atoms with van der Waals surface area (Å²) in [6.07, 6.45) is 0.609. The van der Waals surface area contributed by atoms with Crippen LogP contribution in [0.25, 0.3) is 32.8 Å². The minimum Gasteiger partial charge on any atom is -0.493 e. The zero-order valence-corrected chi connectivity index (χ0v) is 23.7. The number of halogens is 2. The number of aliphatic hydroxyl groups is 1. The van der Waals surface area contributed by atoms with Crippen LogP contribution in [0.3, 0.4) is 0 Å². The van der Waals surface area contributed by atoms with E-state index < -0.39 is 5.97 Å². The fourth-order valence-corrected chi connectivity index (χ4v) is 5.82. The molecule has 0 saturated heterocycles. The molecular weight excluding hydrogens is 537 g/mol. The predicted octanol–water partition coefficient (Wildman–Crippen LogP) is 6.87. The van der Waals surface area contributed by atoms with Gasteiger partial charge in [-0.25, -0.2) is 4.79 Å². The Hall–Kier alpha value is -3.52. The lowest BCUT2D eigenvalue weighted by Crippen LogP contribution is -2.13. The van der Waals surface area contributed by atoms with Crippen LogP contribution in [-0.4, -0.2) is 39.1 Å². The minimum atomic E-state index is -0.547. The van der Waals surface area contributed by atoms with Crippen molar-refractivity contribution >= 4 is 50.8 Å². The molecule has 7 nitrogen and oxygen atoms in total. The van der Waals surface area contributed by atoms with Crippen molar-refractivity contribution < 1.29 is 19.4 Å². The molecular formula is C30H29Cl2N3O4. The molecule has 2 aromatic heterocycles. The van der Waals surface area contributed by atoms with Crippen LogP contribution in [0.4, 0.5) is 0 Å². The third-order valence-electron chi connectivity index (χ3n) is 7.06. The number of aliphatic hydroxyl groups excluding tert-OH is 1. The quantitative estimate of drug-likeness (QED) is 0.164. The maximum atomic E-state index is 12.9. The molecule has 0 amide bonds. The van der Waals surface area contributed by atoms with Gasteiger partial charge in [0, 0.05) is 46.2 Å². The lowest BCUT2D eigenvalue weighted by atomic mass is 9.99. The Balaban J connectivity index is 1.54. The maximum Gasteiger partial charge on any atom is 0.356 e. The van der Waals surface area contributed by atoms with E-state index >= 15 is 0 Å². The fraction of sp³-hybridized carbons (Fsp3) is 0.267. The highest BCUT2D eigenvalue weighted by molar-refractivity contribution is 6.42. The second-order valence-electron chi connectivity index (χ2n) is 9.50. The second-order valence-corrected chi connectivity index (χ2v) is 10.3. The van der Waals surface area contributed by atoms with Gasteiger partial charge in [-0.05, 0) is 49.4 Å². The first kappa shape index (κ1) is 27.1. The van der Waals surface area contributed by atoms with Gasteiger partial charge >= 0.3 is 5.97 Å². The van der Waals surface area contributed by atoms with Crippen molar-refractivity contribution in [3.8, 4) is 16.9 Å². The van der Waals surface area contributed by atoms with Crippen molar-refractivity contribution in [1.82, 2.24) is 14.3 Å². The van der Waals surface area contributed by atoms with Crippen LogP contribution in [0, 0.1) is 13.8 Å². The van der Waals surface area contributed by atoms with Crippen molar-refractivity contribution in [2.75, 3.05) is 13.7 Å². The standard InChI is InChI=1S/C30H29Cl2N3O4/c1-17-14-19-8-5-6-9-20(19)24(15-17)39-13-7-12-35-23-11-10-21(31)26(25-18(2)34(3)33-22(25)16-36)27(23)28(32)29(35)30(37)38-4/h5-6,8-11,14-15,36H,7,12-13,16H2,1-4H3. The summed E-state index contributed by atoms with van der Waals surface area (Å²) in [7, 11) is 3.13. The molecule has 0 saturated carbocycles. The van der Waals surface area contributed by atoms with E-state index in [0.29, 0.717) is 46.8 Å². The Kier molecular flexibility index (Phi) is 7.58. The van der Waals surface area contributed by atoms with Gasteiger partial charge < -0.3 is 19.1 Å². The van der Waals surface area contributed by atoms with Gasteiger partial charge in [0.1, 0.15) is 11.4 Å². The summed E-state index contributed by atoms with van der Waals surface area (Å²) in [5.41, 5.74) is 4.71. The monoisotopic (exact) mass is 565 g/mol. The third-order valence-corrected chi connectivity index (χ3v) is 7.74. The summed E-state index contributed by atoms with van der Waals surface area (Å²) in [5, 5.41) is 17.9. The van der Waals surface area contributed by atoms with Crippen molar-refractivity contribution in [2.45, 2.75) is 33.4 Å². The van der Waals surface area contributed by atoms with Gasteiger partial charge in [-0.3, -0.25) is 4.68 Å². The number of esters is 1. The Morgan fingerprint density at radius 3 is 2.59 bits per heavy atom. The molecule has 39 heavy (non-hydrogen) atoms. The summed E-state index contributed by atoms with van der Waals surface area (Å²) in [5.74, 6) is 0.279. The van der Waals surface area contributed by atoms with E-state index in [1.54, 1.807) is 17.8 Å². The molecule has 0 bridgehead atoms. The summed E-state index contributed by atoms with van der Waals surface area (Å²) in [6.45, 7) is 4.57. The largest absolute Gasteiger partial charge is 0.493 e. The summed E-state index contributed by atoms with van der Waals surface area (Å²) >= 11 is 13.6. The lowest BCUT2D eigenvalue weighted by molar-refractivity contribution is 0.0588. The number of rotatable bonds is 8. The van der Waals surface area contributed by atoms with Crippen LogP contribution in [0.2, 0.25) is 10.0 Å². The molecule has 3 aromatic carbocycles. The molecule has 0 fully saturated rings. The lowest BCUT2D eigenvalue weighted by Gasteiger charge is -2.13. The van der Waals surface area contributed by atoms with Gasteiger partial charge in [0.05, 0.1) is 36.6 Å². The molecule has 0 spiro atoms. The summed E-state index contributed by atoms with van der Waals surface area (Å²) in [6, 6.07) is 15.9. The van der Waals surface area contributed by atoms with Crippen molar-refractivity contribution in [2.24, 2.45) is 7.05 Å². The summed E-state index contributed by atoms with van der Waals surface area (Å²) < 4.78 is 14.9. The van der Waals surface area contributed by atoms with Crippen molar-refractivity contribution in [1.29, 1.82) is 0 Å². The number of hydrogen-bond acceptors (Lipinski definition) is 5. The van der Waals surface area contributed by atoms with Gasteiger partial charge in [0.15, 0.2) is 0 Å². The summed E-state index contributed by atoms with van der Waals surface area (Å²) in [4.78, 5) is 12.9. The topological polar surface area (TPSA) is 78.5 Å². The molecule has 0 unspecified atom stereocenters. The van der Waals surface area contributed by atoms with E-state index in [-0.39, 0.29) is 17.3 Å². The molecule has 0 aliphatic carbocycles. The molecule has 0 aliphatic heterocycles. The van der Waals surface area contributed by atoms with Crippen LogP contribution >= 0.6 is 23.2 Å². The van der Waals surface area contributed by atoms with E-state index in [9.17, 15) is 9.90 Å². The van der Waals surface area contributed by atoms with Crippen LogP contribution in [0.15, 0.2) is 48.5 Å². The zero-order chi connectivity index (χ0) is 27.8. The van der Waals surface area contributed by atoms with Crippen LogP contribution < -0.4 is 4.74 Å². The number of aromatic nitrogens is 3. The Labute approximate surface area is 236 Å². The number of benzene rings is 3. The second kappa shape index (κ2) is 10.9. The molecule has 5 rings (SSSR count). The van der Waals surface area contributed by atoms with Crippen LogP contribution in [-0.2, 0) is 24.9 Å². The highest BCUT2D eigenvalue weighted by Gasteiger charge is 2.28. The molecule has 2 heterocycles. The van der Waals surface area contributed by atoms with E-state index in [0.717, 1.165) is 33.3 Å². The molecule has 0 atom stereocenters. The van der Waals surface area contributed by atoms with Gasteiger partial charge in [0.25, 0.3) is 0 Å². The van der Waals surface area contributed by atoms with Crippen molar-refractivity contribution in [3.63, 3.8) is 0 Å². The van der Waals surface area contributed by atoms with E-state index in [1.807, 2.05) is 48.7 Å². The molecule has 202 valence electrons. The SMILES string of the molecule is COC(=O)c1c(Cl)c2c(-c3c(CO)nn(C)c3C)c(Cl)ccc2n1CCCOc1cc(C)cc2ccccc12. The highest BCUT2D eigenvalue weighted by atomic mass is 35.5. The predicted molar refractivity (Wildman–Crippen MR) is 155 cm³/mol. The van der Waals surface area contributed by atoms with Crippen molar-refractivity contribution in [3.05, 3.63) is 81.2 Å². The first-order chi connectivity index (χ1) is 18.8. The number of methoxy groups -OCH3 is 1. The van der Waals surface area contributed by atoms with E-state index in [2.05, 4.69) is 17.2 Å². The van der Waals surface area contributed by atoms with Gasteiger partial charge in [0.2, 0.25) is 0 Å². The van der Waals surface area contributed by atoms with Gasteiger partial charge in [-0.2, -0.15) is 5.10 Å². The number of fused-ring (bicyclic) bond motifs is 2. The number of carbonyl (C=O) groups is 1. The fourth-order valence-electron chi connectivity index (χ4n) is 5.20. The Bertz CT molecular complexity index is 1720. The number of hydrogen-bond donors (Lipinski definition) is 1. The normalized spacial score (nSPS) is 11.5. The minimum absolute atomic E-state index is 0.241. The molecule has 0 radical (unpaired) electrons. The average Bonchev–Trinajstić information content (AvgIpc) is 3.37. The Morgan fingerprint density at radius 1 is 1.08 bits per heavy atom. The smallest absolute Gasteiger partial charge is 0.356 e. The van der Waals surface area contributed by atoms with Crippen LogP contribution in [0.1, 0.15) is 33.9 Å². The van der Waals surface area contributed by atoms with Gasteiger partial charge in [-0.15, -0.1) is 0 Å². The zero-order valence-electron chi connectivity index (χ0n) is 22.2. The van der Waals surface area contributed by atoms with Crippen LogP contribution in [0.5, 0.6) is 5.75 Å². The molecule has 5 aromatic rings. The van der Waals surface area contributed by atoms with Gasteiger partial charge in [-0.1, -0.05) is 53.5 Å². The molecule has 1 N–H and O–H groups in total.